The Morgan fingerprint density at radius 2 is 2.22 bits per heavy atom. The lowest BCUT2D eigenvalue weighted by molar-refractivity contribution is -0.141. The Kier molecular flexibility index (Phi) is 4.53. The quantitative estimate of drug-likeness (QED) is 0.663. The number of nitrogen functional groups attached to an aromatic ring is 1. The van der Waals surface area contributed by atoms with Gasteiger partial charge in [0.05, 0.1) is 18.1 Å². The Morgan fingerprint density at radius 1 is 1.37 bits per heavy atom. The molecule has 4 rings (SSSR count). The third-order valence-corrected chi connectivity index (χ3v) is 4.96. The summed E-state index contributed by atoms with van der Waals surface area (Å²) in [5.41, 5.74) is 9.78. The van der Waals surface area contributed by atoms with Crippen LogP contribution in [0.15, 0.2) is 24.7 Å². The van der Waals surface area contributed by atoms with Gasteiger partial charge in [-0.05, 0) is 12.8 Å². The zero-order chi connectivity index (χ0) is 19.0. The van der Waals surface area contributed by atoms with E-state index >= 15 is 0 Å². The molecule has 3 aromatic heterocycles. The maximum absolute atomic E-state index is 11.0. The van der Waals surface area contributed by atoms with E-state index in [0.717, 1.165) is 41.9 Å². The average molecular weight is 369 g/mol. The molecule has 0 spiro atoms. The second kappa shape index (κ2) is 6.99. The van der Waals surface area contributed by atoms with Crippen molar-refractivity contribution in [2.45, 2.75) is 31.7 Å². The summed E-state index contributed by atoms with van der Waals surface area (Å²) in [6, 6.07) is 2.08. The summed E-state index contributed by atoms with van der Waals surface area (Å²) in [5, 5.41) is 12.0. The molecule has 0 aliphatic carbocycles. The minimum absolute atomic E-state index is 0.187. The summed E-state index contributed by atoms with van der Waals surface area (Å²) >= 11 is 0. The van der Waals surface area contributed by atoms with Crippen LogP contribution in [0.2, 0.25) is 0 Å². The lowest BCUT2D eigenvalue weighted by Gasteiger charge is -2.29. The van der Waals surface area contributed by atoms with E-state index in [-0.39, 0.29) is 17.9 Å². The van der Waals surface area contributed by atoms with Crippen LogP contribution in [0, 0.1) is 0 Å². The Morgan fingerprint density at radius 3 is 2.89 bits per heavy atom. The predicted molar refractivity (Wildman–Crippen MR) is 100 cm³/mol. The minimum Gasteiger partial charge on any atom is -0.464 e. The number of aromatic nitrogens is 5. The number of nitrogens with one attached hydrogen (secondary N) is 1. The number of rotatable bonds is 4. The molecule has 0 aromatic carbocycles. The van der Waals surface area contributed by atoms with Crippen molar-refractivity contribution in [2.24, 2.45) is 7.05 Å². The fourth-order valence-corrected chi connectivity index (χ4v) is 3.51. The first-order valence-electron chi connectivity index (χ1n) is 9.01. The van der Waals surface area contributed by atoms with E-state index in [4.69, 9.17) is 15.5 Å². The number of esters is 1. The van der Waals surface area contributed by atoms with Gasteiger partial charge in [-0.2, -0.15) is 14.7 Å². The maximum Gasteiger partial charge on any atom is 0.302 e. The average Bonchev–Trinajstić information content (AvgIpc) is 3.26. The van der Waals surface area contributed by atoms with Crippen LogP contribution in [0.25, 0.3) is 16.8 Å². The lowest BCUT2D eigenvalue weighted by Crippen LogP contribution is -2.41. The zero-order valence-corrected chi connectivity index (χ0v) is 15.4. The number of anilines is 1. The van der Waals surface area contributed by atoms with Gasteiger partial charge in [0.25, 0.3) is 0 Å². The van der Waals surface area contributed by atoms with Crippen LogP contribution in [0.1, 0.15) is 31.4 Å². The first-order valence-corrected chi connectivity index (χ1v) is 9.01. The second-order valence-electron chi connectivity index (χ2n) is 6.98. The Balaban J connectivity index is 1.57. The largest absolute Gasteiger partial charge is 0.464 e. The molecule has 1 aliphatic rings. The molecule has 1 fully saturated rings. The number of fused-ring (bicyclic) bond motifs is 1. The van der Waals surface area contributed by atoms with Crippen LogP contribution in [-0.4, -0.2) is 49.5 Å². The van der Waals surface area contributed by atoms with Gasteiger partial charge in [-0.25, -0.2) is 4.98 Å². The first kappa shape index (κ1) is 17.5. The van der Waals surface area contributed by atoms with Crippen molar-refractivity contribution in [3.05, 3.63) is 30.4 Å². The zero-order valence-electron chi connectivity index (χ0n) is 15.4. The van der Waals surface area contributed by atoms with Crippen LogP contribution in [-0.2, 0) is 16.6 Å². The van der Waals surface area contributed by atoms with Gasteiger partial charge in [0.1, 0.15) is 12.4 Å². The molecule has 0 saturated carbocycles. The Hall–Kier alpha value is -2.94. The normalized spacial score (nSPS) is 20.1. The number of piperidine rings is 1. The highest BCUT2D eigenvalue weighted by atomic mass is 16.5. The van der Waals surface area contributed by atoms with E-state index in [0.29, 0.717) is 12.4 Å². The molecule has 1 saturated heterocycles. The van der Waals surface area contributed by atoms with Gasteiger partial charge in [0, 0.05) is 55.9 Å². The van der Waals surface area contributed by atoms with Gasteiger partial charge < -0.3 is 15.8 Å². The maximum atomic E-state index is 11.0. The summed E-state index contributed by atoms with van der Waals surface area (Å²) in [4.78, 5) is 15.8. The predicted octanol–water partition coefficient (Wildman–Crippen LogP) is 1.11. The van der Waals surface area contributed by atoms with Crippen LogP contribution >= 0.6 is 0 Å². The highest BCUT2D eigenvalue weighted by Crippen LogP contribution is 2.29. The van der Waals surface area contributed by atoms with E-state index in [2.05, 4.69) is 15.5 Å². The van der Waals surface area contributed by atoms with Gasteiger partial charge in [-0.15, -0.1) is 0 Å². The van der Waals surface area contributed by atoms with Crippen LogP contribution in [0.3, 0.4) is 0 Å². The Bertz CT molecular complexity index is 969. The molecule has 0 unspecified atom stereocenters. The molecule has 2 atom stereocenters. The lowest BCUT2D eigenvalue weighted by atomic mass is 9.92. The molecule has 0 amide bonds. The molecular weight excluding hydrogens is 346 g/mol. The molecule has 27 heavy (non-hydrogen) atoms. The molecule has 9 heteroatoms. The van der Waals surface area contributed by atoms with Gasteiger partial charge in [0.15, 0.2) is 5.65 Å². The number of carbonyl (C=O) groups excluding carboxylic acids is 1. The molecule has 0 bridgehead atoms. The fourth-order valence-electron chi connectivity index (χ4n) is 3.51. The summed E-state index contributed by atoms with van der Waals surface area (Å²) in [7, 11) is 1.88. The van der Waals surface area contributed by atoms with Crippen molar-refractivity contribution in [1.82, 2.24) is 29.7 Å². The molecule has 142 valence electrons. The highest BCUT2D eigenvalue weighted by Gasteiger charge is 2.25. The van der Waals surface area contributed by atoms with Gasteiger partial charge >= 0.3 is 5.97 Å². The summed E-state index contributed by atoms with van der Waals surface area (Å²) in [6.07, 6.45) is 7.37. The number of nitrogens with two attached hydrogens (primary N) is 1. The van der Waals surface area contributed by atoms with Crippen molar-refractivity contribution < 1.29 is 9.53 Å². The number of hydrogen-bond donors (Lipinski definition) is 2. The molecule has 0 radical (unpaired) electrons. The SMILES string of the molecule is CC(=O)OC[C@@H]1CC[C@H](c2cc(N)n3ncc(-c4cnn(C)c4)c3n2)CN1. The standard InChI is InChI=1S/C18H23N7O2/c1-11(26)27-10-14-4-3-12(6-20-14)16-5-17(19)25-18(23-16)15(8-22-25)13-7-21-24(2)9-13/h5,7-9,12,14,20H,3-4,6,10,19H2,1-2H3/t12-,14-/m0/s1. The molecule has 3 N–H and O–H groups in total. The minimum atomic E-state index is -0.248. The van der Waals surface area contributed by atoms with Crippen LogP contribution in [0.4, 0.5) is 5.82 Å². The molecule has 3 aromatic rings. The van der Waals surface area contributed by atoms with E-state index in [1.54, 1.807) is 21.6 Å². The summed E-state index contributed by atoms with van der Waals surface area (Å²) in [6.45, 7) is 2.61. The van der Waals surface area contributed by atoms with E-state index in [1.807, 2.05) is 19.3 Å². The second-order valence-corrected chi connectivity index (χ2v) is 6.98. The number of ether oxygens (including phenoxy) is 1. The van der Waals surface area contributed by atoms with Crippen molar-refractivity contribution in [3.8, 4) is 11.1 Å². The van der Waals surface area contributed by atoms with Gasteiger partial charge in [0.2, 0.25) is 0 Å². The summed E-state index contributed by atoms with van der Waals surface area (Å²) in [5.74, 6) is 0.567. The van der Waals surface area contributed by atoms with Crippen molar-refractivity contribution in [1.29, 1.82) is 0 Å². The van der Waals surface area contributed by atoms with Crippen LogP contribution in [0.5, 0.6) is 0 Å². The topological polar surface area (TPSA) is 112 Å². The number of carbonyl (C=O) groups is 1. The third-order valence-electron chi connectivity index (χ3n) is 4.96. The molecular formula is C18H23N7O2. The Labute approximate surface area is 156 Å². The monoisotopic (exact) mass is 369 g/mol. The smallest absolute Gasteiger partial charge is 0.302 e. The number of nitrogens with zero attached hydrogens (tertiary/aromatic N) is 5. The summed E-state index contributed by atoms with van der Waals surface area (Å²) < 4.78 is 8.51. The molecule has 1 aliphatic heterocycles. The van der Waals surface area contributed by atoms with Crippen molar-refractivity contribution in [2.75, 3.05) is 18.9 Å². The van der Waals surface area contributed by atoms with E-state index < -0.39 is 0 Å². The van der Waals surface area contributed by atoms with E-state index in [9.17, 15) is 4.79 Å². The van der Waals surface area contributed by atoms with E-state index in [1.165, 1.54) is 6.92 Å². The van der Waals surface area contributed by atoms with Gasteiger partial charge in [-0.1, -0.05) is 0 Å². The van der Waals surface area contributed by atoms with Gasteiger partial charge in [-0.3, -0.25) is 9.48 Å². The van der Waals surface area contributed by atoms with Crippen LogP contribution < -0.4 is 11.1 Å². The van der Waals surface area contributed by atoms with Crippen molar-refractivity contribution >= 4 is 17.4 Å². The first-order chi connectivity index (χ1) is 13.0. The fraction of sp³-hybridized carbons (Fsp3) is 0.444. The number of hydrogen-bond acceptors (Lipinski definition) is 7. The number of aryl methyl sites for hydroxylation is 1. The third kappa shape index (κ3) is 3.50. The molecule has 9 nitrogen and oxygen atoms in total. The highest BCUT2D eigenvalue weighted by molar-refractivity contribution is 5.77. The molecule has 4 heterocycles. The van der Waals surface area contributed by atoms with Crippen molar-refractivity contribution in [3.63, 3.8) is 0 Å².